The Hall–Kier alpha value is -2.90. The minimum absolute atomic E-state index is 0.0327. The largest absolute Gasteiger partial charge is 0.459 e. The van der Waals surface area contributed by atoms with Crippen molar-refractivity contribution in [3.8, 4) is 0 Å². The predicted molar refractivity (Wildman–Crippen MR) is 113 cm³/mol. The van der Waals surface area contributed by atoms with Crippen LogP contribution in [-0.4, -0.2) is 47.8 Å². The lowest BCUT2D eigenvalue weighted by Gasteiger charge is -2.34. The molecule has 0 atom stereocenters. The van der Waals surface area contributed by atoms with Crippen LogP contribution < -0.4 is 5.32 Å². The van der Waals surface area contributed by atoms with Crippen molar-refractivity contribution in [2.45, 2.75) is 13.5 Å². The quantitative estimate of drug-likeness (QED) is 0.695. The molecule has 29 heavy (non-hydrogen) atoms. The monoisotopic (exact) mass is 409 g/mol. The van der Waals surface area contributed by atoms with Crippen LogP contribution in [0.3, 0.4) is 0 Å². The Morgan fingerprint density at radius 1 is 1.07 bits per heavy atom. The maximum atomic E-state index is 13.0. The van der Waals surface area contributed by atoms with E-state index in [0.717, 1.165) is 25.2 Å². The number of carbonyl (C=O) groups excluding carboxylic acids is 2. The zero-order chi connectivity index (χ0) is 20.2. The Morgan fingerprint density at radius 2 is 1.83 bits per heavy atom. The molecule has 150 valence electrons. The van der Waals surface area contributed by atoms with Gasteiger partial charge in [0, 0.05) is 32.7 Å². The predicted octanol–water partition coefficient (Wildman–Crippen LogP) is 3.86. The lowest BCUT2D eigenvalue weighted by Crippen LogP contribution is -2.48. The first-order chi connectivity index (χ1) is 14.1. The first kappa shape index (κ1) is 19.4. The number of amides is 2. The van der Waals surface area contributed by atoms with E-state index in [2.05, 4.69) is 34.5 Å². The lowest BCUT2D eigenvalue weighted by molar-refractivity contribution is 0.0632. The molecule has 6 nitrogen and oxygen atoms in total. The van der Waals surface area contributed by atoms with Crippen LogP contribution in [-0.2, 0) is 6.54 Å². The van der Waals surface area contributed by atoms with Crippen molar-refractivity contribution < 1.29 is 14.0 Å². The second-order valence-corrected chi connectivity index (χ2v) is 8.16. The number of piperazine rings is 1. The number of hydrogen-bond donors (Lipinski definition) is 1. The molecule has 4 rings (SSSR count). The third kappa shape index (κ3) is 4.58. The smallest absolute Gasteiger partial charge is 0.291 e. The number of aryl methyl sites for hydroxylation is 1. The van der Waals surface area contributed by atoms with Crippen molar-refractivity contribution in [1.29, 1.82) is 0 Å². The number of nitrogens with zero attached hydrogens (tertiary/aromatic N) is 2. The molecule has 3 aromatic rings. The van der Waals surface area contributed by atoms with Crippen molar-refractivity contribution in [1.82, 2.24) is 9.80 Å². The zero-order valence-electron chi connectivity index (χ0n) is 16.3. The van der Waals surface area contributed by atoms with Crippen LogP contribution in [0, 0.1) is 6.92 Å². The van der Waals surface area contributed by atoms with Crippen molar-refractivity contribution in [3.05, 3.63) is 76.6 Å². The van der Waals surface area contributed by atoms with Gasteiger partial charge in [-0.05, 0) is 36.2 Å². The van der Waals surface area contributed by atoms with Gasteiger partial charge in [0.2, 0.25) is 0 Å². The molecule has 1 saturated heterocycles. The number of carbonyl (C=O) groups is 2. The summed E-state index contributed by atoms with van der Waals surface area (Å²) < 4.78 is 5.11. The maximum absolute atomic E-state index is 13.0. The van der Waals surface area contributed by atoms with Gasteiger partial charge in [-0.15, -0.1) is 11.3 Å². The third-order valence-electron chi connectivity index (χ3n) is 5.00. The van der Waals surface area contributed by atoms with Gasteiger partial charge < -0.3 is 14.6 Å². The molecule has 2 aromatic heterocycles. The van der Waals surface area contributed by atoms with Gasteiger partial charge >= 0.3 is 0 Å². The molecule has 0 unspecified atom stereocenters. The summed E-state index contributed by atoms with van der Waals surface area (Å²) in [4.78, 5) is 30.1. The van der Waals surface area contributed by atoms with Crippen LogP contribution in [0.1, 0.15) is 31.4 Å². The second kappa shape index (κ2) is 8.63. The molecule has 2 amide bonds. The van der Waals surface area contributed by atoms with E-state index in [-0.39, 0.29) is 17.6 Å². The average molecular weight is 410 g/mol. The molecule has 0 saturated carbocycles. The first-order valence-electron chi connectivity index (χ1n) is 9.61. The Bertz CT molecular complexity index is 974. The fourth-order valence-corrected chi connectivity index (χ4v) is 4.47. The number of rotatable bonds is 5. The fourth-order valence-electron chi connectivity index (χ4n) is 3.43. The molecule has 1 aliphatic heterocycles. The summed E-state index contributed by atoms with van der Waals surface area (Å²) in [5, 5.41) is 3.45. The summed E-state index contributed by atoms with van der Waals surface area (Å²) in [6.45, 7) is 5.93. The van der Waals surface area contributed by atoms with Gasteiger partial charge in [-0.1, -0.05) is 30.3 Å². The SMILES string of the molecule is Cc1cc(NC(=O)c2ccco2)sc1C(=O)N1CCN(Cc2ccccc2)CC1. The van der Waals surface area contributed by atoms with Gasteiger partial charge in [-0.3, -0.25) is 14.5 Å². The van der Waals surface area contributed by atoms with E-state index >= 15 is 0 Å². The molecular weight excluding hydrogens is 386 g/mol. The van der Waals surface area contributed by atoms with E-state index in [1.165, 1.54) is 23.2 Å². The number of anilines is 1. The molecule has 3 heterocycles. The molecule has 0 radical (unpaired) electrons. The topological polar surface area (TPSA) is 65.8 Å². The Morgan fingerprint density at radius 3 is 2.52 bits per heavy atom. The Balaban J connectivity index is 1.35. The van der Waals surface area contributed by atoms with Crippen LogP contribution in [0.15, 0.2) is 59.2 Å². The molecule has 1 fully saturated rings. The molecule has 1 N–H and O–H groups in total. The van der Waals surface area contributed by atoms with Crippen LogP contribution in [0.4, 0.5) is 5.00 Å². The number of benzene rings is 1. The maximum Gasteiger partial charge on any atom is 0.291 e. The Labute approximate surface area is 173 Å². The molecule has 0 aliphatic carbocycles. The number of nitrogens with one attached hydrogen (secondary N) is 1. The van der Waals surface area contributed by atoms with Crippen molar-refractivity contribution >= 4 is 28.2 Å². The van der Waals surface area contributed by atoms with Crippen molar-refractivity contribution in [3.63, 3.8) is 0 Å². The number of furan rings is 1. The summed E-state index contributed by atoms with van der Waals surface area (Å²) >= 11 is 1.31. The molecular formula is C22H23N3O3S. The lowest BCUT2D eigenvalue weighted by atomic mass is 10.2. The van der Waals surface area contributed by atoms with E-state index in [9.17, 15) is 9.59 Å². The third-order valence-corrected chi connectivity index (χ3v) is 6.14. The van der Waals surface area contributed by atoms with E-state index in [1.807, 2.05) is 24.0 Å². The van der Waals surface area contributed by atoms with Crippen LogP contribution in [0.25, 0.3) is 0 Å². The molecule has 0 spiro atoms. The normalized spacial score (nSPS) is 14.7. The van der Waals surface area contributed by atoms with Crippen LogP contribution in [0.2, 0.25) is 0 Å². The molecule has 0 bridgehead atoms. The average Bonchev–Trinajstić information content (AvgIpc) is 3.39. The van der Waals surface area contributed by atoms with E-state index in [4.69, 9.17) is 4.42 Å². The molecule has 1 aromatic carbocycles. The minimum Gasteiger partial charge on any atom is -0.459 e. The highest BCUT2D eigenvalue weighted by Crippen LogP contribution is 2.28. The van der Waals surface area contributed by atoms with Gasteiger partial charge in [0.25, 0.3) is 11.8 Å². The Kier molecular flexibility index (Phi) is 5.78. The van der Waals surface area contributed by atoms with Gasteiger partial charge in [-0.2, -0.15) is 0 Å². The summed E-state index contributed by atoms with van der Waals surface area (Å²) in [5.74, 6) is -0.0337. The van der Waals surface area contributed by atoms with Crippen LogP contribution >= 0.6 is 11.3 Å². The van der Waals surface area contributed by atoms with E-state index in [1.54, 1.807) is 12.1 Å². The minimum atomic E-state index is -0.315. The second-order valence-electron chi connectivity index (χ2n) is 7.11. The number of thiophene rings is 1. The standard InChI is InChI=1S/C22H23N3O3S/c1-16-14-19(23-21(26)18-8-5-13-28-18)29-20(16)22(27)25-11-9-24(10-12-25)15-17-6-3-2-4-7-17/h2-8,13-14H,9-12,15H2,1H3,(H,23,26). The van der Waals surface area contributed by atoms with Crippen LogP contribution in [0.5, 0.6) is 0 Å². The molecule has 1 aliphatic rings. The number of hydrogen-bond acceptors (Lipinski definition) is 5. The highest BCUT2D eigenvalue weighted by molar-refractivity contribution is 7.18. The van der Waals surface area contributed by atoms with Gasteiger partial charge in [-0.25, -0.2) is 0 Å². The van der Waals surface area contributed by atoms with Gasteiger partial charge in [0.1, 0.15) is 0 Å². The zero-order valence-corrected chi connectivity index (χ0v) is 17.1. The van der Waals surface area contributed by atoms with Gasteiger partial charge in [0.05, 0.1) is 16.1 Å². The first-order valence-corrected chi connectivity index (χ1v) is 10.4. The fraction of sp³-hybridized carbons (Fsp3) is 0.273. The van der Waals surface area contributed by atoms with E-state index in [0.29, 0.717) is 23.0 Å². The van der Waals surface area contributed by atoms with Crippen molar-refractivity contribution in [2.75, 3.05) is 31.5 Å². The van der Waals surface area contributed by atoms with Crippen molar-refractivity contribution in [2.24, 2.45) is 0 Å². The highest BCUT2D eigenvalue weighted by Gasteiger charge is 2.25. The summed E-state index contributed by atoms with van der Waals surface area (Å²) in [6.07, 6.45) is 1.46. The summed E-state index contributed by atoms with van der Waals surface area (Å²) in [6, 6.07) is 15.5. The summed E-state index contributed by atoms with van der Waals surface area (Å²) in [7, 11) is 0. The molecule has 7 heteroatoms. The van der Waals surface area contributed by atoms with Gasteiger partial charge in [0.15, 0.2) is 5.76 Å². The highest BCUT2D eigenvalue weighted by atomic mass is 32.1. The van der Waals surface area contributed by atoms with E-state index < -0.39 is 0 Å². The summed E-state index contributed by atoms with van der Waals surface area (Å²) in [5.41, 5.74) is 2.17.